The Hall–Kier alpha value is -1.44. The summed E-state index contributed by atoms with van der Waals surface area (Å²) in [5.41, 5.74) is -0.598. The maximum atomic E-state index is 12.2. The normalized spacial score (nSPS) is 12.5. The van der Waals surface area contributed by atoms with Gasteiger partial charge in [0.25, 0.3) is 5.69 Å². The van der Waals surface area contributed by atoms with Gasteiger partial charge in [0.2, 0.25) is 10.0 Å². The number of nitrogens with zero attached hydrogens (tertiary/aromatic N) is 2. The quantitative estimate of drug-likeness (QED) is 0.304. The van der Waals surface area contributed by atoms with Gasteiger partial charge in [-0.3, -0.25) is 10.1 Å². The van der Waals surface area contributed by atoms with Crippen molar-refractivity contribution in [3.63, 3.8) is 0 Å². The SMILES string of the molecule is CN(CC(O)CC(=O)[O-])S(=O)(=O)c1ccccc1[N+](=O)[O-].[Li+]. The van der Waals surface area contributed by atoms with Crippen LogP contribution in [0.1, 0.15) is 6.42 Å². The molecule has 0 heterocycles. The van der Waals surface area contributed by atoms with Gasteiger partial charge in [-0.05, 0) is 6.07 Å². The standard InChI is InChI=1S/C11H14N2O7S.Li/c1-12(7-8(14)6-11(15)16)21(19,20)10-5-3-2-4-9(10)13(17)18;/h2-5,8,14H,6-7H2,1H3,(H,15,16);/q;+1/p-1. The van der Waals surface area contributed by atoms with Gasteiger partial charge in [0, 0.05) is 32.0 Å². The number of likely N-dealkylation sites (N-methyl/N-ethyl adjacent to an activating group) is 1. The molecule has 0 aliphatic carbocycles. The number of carbonyl (C=O) groups excluding carboxylic acids is 1. The number of hydrogen-bond acceptors (Lipinski definition) is 7. The van der Waals surface area contributed by atoms with E-state index in [1.54, 1.807) is 0 Å². The number of nitro groups is 1. The second kappa shape index (κ2) is 8.26. The van der Waals surface area contributed by atoms with Gasteiger partial charge in [-0.2, -0.15) is 4.31 Å². The first kappa shape index (κ1) is 20.6. The molecule has 11 heteroatoms. The number of carbonyl (C=O) groups is 1. The zero-order valence-corrected chi connectivity index (χ0v) is 12.8. The molecule has 0 aliphatic rings. The van der Waals surface area contributed by atoms with Gasteiger partial charge in [0.05, 0.1) is 11.0 Å². The molecule has 1 N–H and O–H groups in total. The molecule has 1 atom stereocenters. The number of nitro benzene ring substituents is 1. The summed E-state index contributed by atoms with van der Waals surface area (Å²) < 4.78 is 25.1. The van der Waals surface area contributed by atoms with E-state index in [-0.39, 0.29) is 18.9 Å². The van der Waals surface area contributed by atoms with Crippen LogP contribution in [-0.2, 0) is 14.8 Å². The van der Waals surface area contributed by atoms with Crippen molar-refractivity contribution in [1.82, 2.24) is 4.31 Å². The third-order valence-electron chi connectivity index (χ3n) is 2.62. The van der Waals surface area contributed by atoms with Crippen molar-refractivity contribution in [2.45, 2.75) is 17.4 Å². The summed E-state index contributed by atoms with van der Waals surface area (Å²) in [7, 11) is -3.14. The minimum atomic E-state index is -4.23. The Balaban J connectivity index is 0.00000441. The van der Waals surface area contributed by atoms with Crippen LogP contribution in [-0.4, -0.2) is 48.4 Å². The van der Waals surface area contributed by atoms with E-state index in [1.165, 1.54) is 12.1 Å². The topological polar surface area (TPSA) is 141 Å². The first-order chi connectivity index (χ1) is 9.66. The van der Waals surface area contributed by atoms with E-state index in [0.29, 0.717) is 4.31 Å². The number of benzene rings is 1. The van der Waals surface area contributed by atoms with Gasteiger partial charge >= 0.3 is 18.9 Å². The van der Waals surface area contributed by atoms with Crippen LogP contribution in [0.25, 0.3) is 0 Å². The average molecular weight is 324 g/mol. The molecule has 0 fully saturated rings. The Morgan fingerprint density at radius 3 is 2.45 bits per heavy atom. The van der Waals surface area contributed by atoms with Gasteiger partial charge in [0.15, 0.2) is 4.90 Å². The minimum absolute atomic E-state index is 0. The summed E-state index contributed by atoms with van der Waals surface area (Å²) in [5.74, 6) is -1.53. The molecule has 1 rings (SSSR count). The number of rotatable bonds is 7. The maximum Gasteiger partial charge on any atom is 1.00 e. The summed E-state index contributed by atoms with van der Waals surface area (Å²) >= 11 is 0. The predicted molar refractivity (Wildman–Crippen MR) is 68.5 cm³/mol. The van der Waals surface area contributed by atoms with Crippen molar-refractivity contribution in [3.8, 4) is 0 Å². The van der Waals surface area contributed by atoms with Crippen molar-refractivity contribution < 1.29 is 47.2 Å². The van der Waals surface area contributed by atoms with Crippen LogP contribution in [0.15, 0.2) is 29.2 Å². The van der Waals surface area contributed by atoms with E-state index in [4.69, 9.17) is 0 Å². The molecule has 0 saturated heterocycles. The fraction of sp³-hybridized carbons (Fsp3) is 0.364. The third-order valence-corrected chi connectivity index (χ3v) is 4.49. The van der Waals surface area contributed by atoms with Crippen LogP contribution >= 0.6 is 0 Å². The van der Waals surface area contributed by atoms with Crippen molar-refractivity contribution in [1.29, 1.82) is 0 Å². The summed E-state index contributed by atoms with van der Waals surface area (Å²) in [4.78, 5) is 19.8. The maximum absolute atomic E-state index is 12.2. The first-order valence-electron chi connectivity index (χ1n) is 5.74. The fourth-order valence-electron chi connectivity index (χ4n) is 1.65. The number of aliphatic hydroxyl groups is 1. The van der Waals surface area contributed by atoms with Gasteiger partial charge in [-0.1, -0.05) is 12.1 Å². The third kappa shape index (κ3) is 5.08. The number of carboxylic acid groups (broad SMARTS) is 1. The molecule has 0 bridgehead atoms. The van der Waals surface area contributed by atoms with Gasteiger partial charge < -0.3 is 15.0 Å². The summed E-state index contributed by atoms with van der Waals surface area (Å²) in [6, 6.07) is 4.75. The molecule has 0 amide bonds. The van der Waals surface area contributed by atoms with Crippen molar-refractivity contribution in [2.24, 2.45) is 0 Å². The predicted octanol–water partition coefficient (Wildman–Crippen LogP) is -4.28. The smallest absolute Gasteiger partial charge is 0.550 e. The molecule has 1 aromatic rings. The van der Waals surface area contributed by atoms with Crippen molar-refractivity contribution in [2.75, 3.05) is 13.6 Å². The average Bonchev–Trinajstić information content (AvgIpc) is 2.37. The zero-order valence-electron chi connectivity index (χ0n) is 12.0. The van der Waals surface area contributed by atoms with E-state index < -0.39 is 50.6 Å². The molecule has 0 aromatic heterocycles. The molecule has 0 saturated carbocycles. The molecule has 9 nitrogen and oxygen atoms in total. The van der Waals surface area contributed by atoms with E-state index in [1.807, 2.05) is 0 Å². The number of aliphatic hydroxyl groups excluding tert-OH is 1. The molecular formula is C11H13LiN2O7S. The van der Waals surface area contributed by atoms with Gasteiger partial charge in [0.1, 0.15) is 0 Å². The molecular weight excluding hydrogens is 311 g/mol. The van der Waals surface area contributed by atoms with Crippen LogP contribution in [0.2, 0.25) is 0 Å². The summed E-state index contributed by atoms with van der Waals surface area (Å²) in [6.07, 6.45) is -2.21. The second-order valence-electron chi connectivity index (χ2n) is 4.24. The monoisotopic (exact) mass is 324 g/mol. The van der Waals surface area contributed by atoms with E-state index >= 15 is 0 Å². The van der Waals surface area contributed by atoms with Crippen LogP contribution < -0.4 is 24.0 Å². The Kier molecular flexibility index (Phi) is 7.72. The minimum Gasteiger partial charge on any atom is -0.550 e. The van der Waals surface area contributed by atoms with Crippen LogP contribution in [0.4, 0.5) is 5.69 Å². The Labute approximate surface area is 138 Å². The molecule has 22 heavy (non-hydrogen) atoms. The van der Waals surface area contributed by atoms with Crippen molar-refractivity contribution in [3.05, 3.63) is 34.4 Å². The van der Waals surface area contributed by atoms with E-state index in [9.17, 15) is 33.5 Å². The zero-order chi connectivity index (χ0) is 16.2. The van der Waals surface area contributed by atoms with E-state index in [0.717, 1.165) is 19.2 Å². The fourth-order valence-corrected chi connectivity index (χ4v) is 3.01. The Bertz CT molecular complexity index is 650. The molecule has 1 aromatic carbocycles. The summed E-state index contributed by atoms with van der Waals surface area (Å²) in [6.45, 7) is -0.525. The Morgan fingerprint density at radius 2 is 1.95 bits per heavy atom. The number of aliphatic carboxylic acids is 1. The molecule has 1 unspecified atom stereocenters. The first-order valence-corrected chi connectivity index (χ1v) is 7.18. The molecule has 116 valence electrons. The molecule has 0 spiro atoms. The van der Waals surface area contributed by atoms with Crippen molar-refractivity contribution >= 4 is 21.7 Å². The van der Waals surface area contributed by atoms with Crippen LogP contribution in [0, 0.1) is 10.1 Å². The molecule has 0 radical (unpaired) electrons. The molecule has 0 aliphatic heterocycles. The second-order valence-corrected chi connectivity index (χ2v) is 6.25. The number of carboxylic acids is 1. The largest absolute Gasteiger partial charge is 1.00 e. The van der Waals surface area contributed by atoms with Gasteiger partial charge in [-0.25, -0.2) is 8.42 Å². The van der Waals surface area contributed by atoms with E-state index in [2.05, 4.69) is 0 Å². The van der Waals surface area contributed by atoms with Crippen LogP contribution in [0.5, 0.6) is 0 Å². The van der Waals surface area contributed by atoms with Gasteiger partial charge in [-0.15, -0.1) is 0 Å². The summed E-state index contributed by atoms with van der Waals surface area (Å²) in [5, 5.41) is 30.6. The number of hydrogen-bond donors (Lipinski definition) is 1. The number of sulfonamides is 1. The Morgan fingerprint density at radius 1 is 1.41 bits per heavy atom. The number of para-hydroxylation sites is 1. The van der Waals surface area contributed by atoms with Crippen LogP contribution in [0.3, 0.4) is 0 Å².